The maximum atomic E-state index is 13.2. The van der Waals surface area contributed by atoms with Gasteiger partial charge in [-0.2, -0.15) is 18.3 Å². The molecule has 0 saturated carbocycles. The summed E-state index contributed by atoms with van der Waals surface area (Å²) in [6.07, 6.45) is -4.58. The molecule has 1 aromatic heterocycles. The molecule has 1 heterocycles. The molecule has 0 spiro atoms. The molecule has 9 heteroatoms. The Morgan fingerprint density at radius 3 is 2.58 bits per heavy atom. The van der Waals surface area contributed by atoms with Gasteiger partial charge >= 0.3 is 12.3 Å². The van der Waals surface area contributed by atoms with Crippen molar-refractivity contribution in [1.29, 1.82) is 0 Å². The molecular formula is C22H21ClF3N3O2. The number of carbonyl (C=O) groups is 1. The van der Waals surface area contributed by atoms with Gasteiger partial charge in [0.1, 0.15) is 5.75 Å². The summed E-state index contributed by atoms with van der Waals surface area (Å²) in [6, 6.07) is 14.3. The van der Waals surface area contributed by atoms with Crippen LogP contribution in [0.1, 0.15) is 30.8 Å². The Morgan fingerprint density at radius 2 is 1.90 bits per heavy atom. The van der Waals surface area contributed by atoms with Crippen LogP contribution in [0.3, 0.4) is 0 Å². The zero-order chi connectivity index (χ0) is 22.6. The monoisotopic (exact) mass is 451 g/mol. The largest absolute Gasteiger partial charge is 0.435 e. The molecule has 1 amide bonds. The molecule has 3 rings (SSSR count). The molecule has 0 bridgehead atoms. The van der Waals surface area contributed by atoms with Crippen molar-refractivity contribution in [2.45, 2.75) is 33.0 Å². The molecule has 31 heavy (non-hydrogen) atoms. The van der Waals surface area contributed by atoms with Crippen molar-refractivity contribution in [3.8, 4) is 11.4 Å². The summed E-state index contributed by atoms with van der Waals surface area (Å²) in [6.45, 7) is 3.94. The highest BCUT2D eigenvalue weighted by molar-refractivity contribution is 6.30. The van der Waals surface area contributed by atoms with E-state index in [9.17, 15) is 18.0 Å². The van der Waals surface area contributed by atoms with Crippen LogP contribution in [-0.4, -0.2) is 15.9 Å². The van der Waals surface area contributed by atoms with Crippen LogP contribution in [-0.2, 0) is 19.1 Å². The van der Waals surface area contributed by atoms with E-state index in [1.165, 1.54) is 6.07 Å². The van der Waals surface area contributed by atoms with Crippen molar-refractivity contribution < 1.29 is 22.7 Å². The maximum Gasteiger partial charge on any atom is 0.435 e. The van der Waals surface area contributed by atoms with Crippen molar-refractivity contribution in [3.05, 3.63) is 76.6 Å². The average Bonchev–Trinajstić information content (AvgIpc) is 3.11. The van der Waals surface area contributed by atoms with Crippen LogP contribution in [0.15, 0.2) is 54.6 Å². The summed E-state index contributed by atoms with van der Waals surface area (Å²) >= 11 is 5.95. The normalized spacial score (nSPS) is 11.6. The highest BCUT2D eigenvalue weighted by Gasteiger charge is 2.35. The highest BCUT2D eigenvalue weighted by atomic mass is 35.5. The first-order chi connectivity index (χ1) is 14.6. The fraction of sp³-hybridized carbons (Fsp3) is 0.273. The molecule has 5 nitrogen and oxygen atoms in total. The number of aromatic nitrogens is 2. The van der Waals surface area contributed by atoms with Gasteiger partial charge in [-0.1, -0.05) is 43.6 Å². The molecule has 0 unspecified atom stereocenters. The van der Waals surface area contributed by atoms with E-state index in [1.54, 1.807) is 36.4 Å². The van der Waals surface area contributed by atoms with E-state index >= 15 is 0 Å². The molecule has 0 aliphatic heterocycles. The molecule has 164 valence electrons. The summed E-state index contributed by atoms with van der Waals surface area (Å²) < 4.78 is 45.9. The third kappa shape index (κ3) is 6.24. The van der Waals surface area contributed by atoms with Crippen LogP contribution in [0.4, 0.5) is 18.0 Å². The molecule has 0 aliphatic rings. The predicted molar refractivity (Wildman–Crippen MR) is 111 cm³/mol. The third-order valence-electron chi connectivity index (χ3n) is 4.29. The standard InChI is InChI=1S/C22H21ClF3N3O2/c1-14(2)9-15-5-3-8-19(10-15)31-21(30)27-13-18-12-20(22(24,25)26)28-29(18)17-7-4-6-16(23)11-17/h3-8,10-12,14H,9,13H2,1-2H3,(H,27,30). The van der Waals surface area contributed by atoms with E-state index in [-0.39, 0.29) is 12.2 Å². The lowest BCUT2D eigenvalue weighted by Crippen LogP contribution is -2.27. The first-order valence-corrected chi connectivity index (χ1v) is 9.96. The Bertz CT molecular complexity index is 1060. The van der Waals surface area contributed by atoms with Crippen LogP contribution in [0.5, 0.6) is 5.75 Å². The molecule has 3 aromatic rings. The number of hydrogen-bond acceptors (Lipinski definition) is 3. The number of carbonyl (C=O) groups excluding carboxylic acids is 1. The van der Waals surface area contributed by atoms with Gasteiger partial charge in [-0.15, -0.1) is 0 Å². The topological polar surface area (TPSA) is 56.1 Å². The number of hydrogen-bond donors (Lipinski definition) is 1. The van der Waals surface area contributed by atoms with Gasteiger partial charge in [-0.05, 0) is 54.3 Å². The Hall–Kier alpha value is -3.00. The zero-order valence-corrected chi connectivity index (χ0v) is 17.7. The minimum absolute atomic E-state index is 0.125. The second-order valence-electron chi connectivity index (χ2n) is 7.40. The summed E-state index contributed by atoms with van der Waals surface area (Å²) in [7, 11) is 0. The van der Waals surface area contributed by atoms with Crippen molar-refractivity contribution in [3.63, 3.8) is 0 Å². The van der Waals surface area contributed by atoms with E-state index in [0.29, 0.717) is 22.4 Å². The Balaban J connectivity index is 1.75. The molecule has 1 N–H and O–H groups in total. The Labute approximate surface area is 182 Å². The number of amides is 1. The summed E-state index contributed by atoms with van der Waals surface area (Å²) in [4.78, 5) is 12.2. The van der Waals surface area contributed by atoms with E-state index in [2.05, 4.69) is 24.3 Å². The molecule has 0 fully saturated rings. The number of benzene rings is 2. The van der Waals surface area contributed by atoms with Crippen LogP contribution < -0.4 is 10.1 Å². The minimum Gasteiger partial charge on any atom is -0.410 e. The fourth-order valence-electron chi connectivity index (χ4n) is 3.03. The summed E-state index contributed by atoms with van der Waals surface area (Å²) in [5, 5.41) is 6.46. The van der Waals surface area contributed by atoms with Gasteiger partial charge in [0.15, 0.2) is 5.69 Å². The first-order valence-electron chi connectivity index (χ1n) is 9.58. The van der Waals surface area contributed by atoms with E-state index in [4.69, 9.17) is 16.3 Å². The maximum absolute atomic E-state index is 13.2. The molecule has 0 radical (unpaired) electrons. The van der Waals surface area contributed by atoms with Gasteiger partial charge in [0, 0.05) is 5.02 Å². The van der Waals surface area contributed by atoms with Crippen molar-refractivity contribution in [2.24, 2.45) is 5.92 Å². The summed E-state index contributed by atoms with van der Waals surface area (Å²) in [5.41, 5.74) is 0.419. The average molecular weight is 452 g/mol. The van der Waals surface area contributed by atoms with Crippen LogP contribution in [0.2, 0.25) is 5.02 Å². The number of rotatable bonds is 6. The van der Waals surface area contributed by atoms with E-state index < -0.39 is 18.0 Å². The smallest absolute Gasteiger partial charge is 0.410 e. The predicted octanol–water partition coefficient (Wildman–Crippen LogP) is 6.03. The minimum atomic E-state index is -4.63. The van der Waals surface area contributed by atoms with Gasteiger partial charge in [-0.3, -0.25) is 0 Å². The second kappa shape index (κ2) is 9.43. The number of halogens is 4. The van der Waals surface area contributed by atoms with Crippen molar-refractivity contribution in [2.75, 3.05) is 0 Å². The van der Waals surface area contributed by atoms with Gasteiger partial charge in [0.2, 0.25) is 0 Å². The molecule has 0 atom stereocenters. The zero-order valence-electron chi connectivity index (χ0n) is 16.9. The first kappa shape index (κ1) is 22.7. The lowest BCUT2D eigenvalue weighted by atomic mass is 10.0. The molecular weight excluding hydrogens is 431 g/mol. The quantitative estimate of drug-likeness (QED) is 0.497. The van der Waals surface area contributed by atoms with Crippen LogP contribution in [0, 0.1) is 5.92 Å². The number of alkyl halides is 3. The van der Waals surface area contributed by atoms with Gasteiger partial charge in [-0.25, -0.2) is 9.48 Å². The fourth-order valence-corrected chi connectivity index (χ4v) is 3.21. The van der Waals surface area contributed by atoms with E-state index in [1.807, 2.05) is 6.07 Å². The third-order valence-corrected chi connectivity index (χ3v) is 4.53. The van der Waals surface area contributed by atoms with E-state index in [0.717, 1.165) is 22.7 Å². The van der Waals surface area contributed by atoms with Gasteiger partial charge in [0.25, 0.3) is 0 Å². The Morgan fingerprint density at radius 1 is 1.16 bits per heavy atom. The number of nitrogens with one attached hydrogen (secondary N) is 1. The van der Waals surface area contributed by atoms with Crippen LogP contribution in [0.25, 0.3) is 5.69 Å². The van der Waals surface area contributed by atoms with Gasteiger partial charge < -0.3 is 10.1 Å². The van der Waals surface area contributed by atoms with Crippen molar-refractivity contribution in [1.82, 2.24) is 15.1 Å². The Kier molecular flexibility index (Phi) is 6.90. The molecule has 0 aliphatic carbocycles. The molecule has 2 aromatic carbocycles. The SMILES string of the molecule is CC(C)Cc1cccc(OC(=O)NCc2cc(C(F)(F)F)nn2-c2cccc(Cl)c2)c1. The lowest BCUT2D eigenvalue weighted by molar-refractivity contribution is -0.141. The van der Waals surface area contributed by atoms with Crippen LogP contribution >= 0.6 is 11.6 Å². The van der Waals surface area contributed by atoms with Crippen molar-refractivity contribution >= 4 is 17.7 Å². The number of ether oxygens (including phenoxy) is 1. The summed E-state index contributed by atoms with van der Waals surface area (Å²) in [5.74, 6) is 0.800. The number of nitrogens with zero attached hydrogens (tertiary/aromatic N) is 2. The highest BCUT2D eigenvalue weighted by Crippen LogP contribution is 2.30. The molecule has 0 saturated heterocycles. The lowest BCUT2D eigenvalue weighted by Gasteiger charge is -2.11. The van der Waals surface area contributed by atoms with Gasteiger partial charge in [0.05, 0.1) is 17.9 Å². The second-order valence-corrected chi connectivity index (χ2v) is 7.84.